The van der Waals surface area contributed by atoms with Gasteiger partial charge in [0.05, 0.1) is 0 Å². The molecule has 0 heteroatoms. The third kappa shape index (κ3) is 2.47. The van der Waals surface area contributed by atoms with Crippen molar-refractivity contribution in [3.8, 4) is 0 Å². The Morgan fingerprint density at radius 3 is 2.05 bits per heavy atom. The first-order valence-corrected chi connectivity index (χ1v) is 7.58. The molecule has 0 amide bonds. The molecular formula is C19H30. The molecule has 0 spiro atoms. The smallest absolute Gasteiger partial charge is 0.00946 e. The van der Waals surface area contributed by atoms with E-state index in [2.05, 4.69) is 73.6 Å². The summed E-state index contributed by atoms with van der Waals surface area (Å²) in [6, 6.07) is 6.96. The van der Waals surface area contributed by atoms with Crippen LogP contribution in [0.1, 0.15) is 84.4 Å². The molecule has 0 saturated carbocycles. The summed E-state index contributed by atoms with van der Waals surface area (Å²) in [7, 11) is 0. The van der Waals surface area contributed by atoms with E-state index in [0.29, 0.717) is 16.7 Å². The fraction of sp³-hybridized carbons (Fsp3) is 0.684. The molecule has 0 nitrogen and oxygen atoms in total. The van der Waals surface area contributed by atoms with E-state index in [9.17, 15) is 0 Å². The second-order valence-corrected chi connectivity index (χ2v) is 9.02. The van der Waals surface area contributed by atoms with Gasteiger partial charge in [-0.1, -0.05) is 73.6 Å². The molecule has 0 heterocycles. The van der Waals surface area contributed by atoms with Crippen LogP contribution in [0.25, 0.3) is 0 Å². The highest BCUT2D eigenvalue weighted by atomic mass is 14.5. The lowest BCUT2D eigenvalue weighted by Gasteiger charge is -2.32. The van der Waals surface area contributed by atoms with E-state index in [1.165, 1.54) is 6.42 Å². The molecule has 1 aliphatic carbocycles. The van der Waals surface area contributed by atoms with Crippen LogP contribution in [0, 0.1) is 5.41 Å². The normalized spacial score (nSPS) is 22.4. The summed E-state index contributed by atoms with van der Waals surface area (Å²) in [6.45, 7) is 19.0. The second-order valence-electron chi connectivity index (χ2n) is 9.02. The van der Waals surface area contributed by atoms with E-state index in [-0.39, 0.29) is 5.41 Å². The van der Waals surface area contributed by atoms with E-state index in [4.69, 9.17) is 0 Å². The minimum Gasteiger partial charge on any atom is -0.0617 e. The Labute approximate surface area is 119 Å². The summed E-state index contributed by atoms with van der Waals surface area (Å²) >= 11 is 0. The van der Waals surface area contributed by atoms with Crippen LogP contribution >= 0.6 is 0 Å². The fourth-order valence-electron chi connectivity index (χ4n) is 3.65. The van der Waals surface area contributed by atoms with E-state index in [0.717, 1.165) is 0 Å². The summed E-state index contributed by atoms with van der Waals surface area (Å²) in [5.74, 6) is 0.674. The minimum atomic E-state index is 0.231. The van der Waals surface area contributed by atoms with Gasteiger partial charge in [-0.2, -0.15) is 0 Å². The zero-order chi connectivity index (χ0) is 14.6. The first-order valence-electron chi connectivity index (χ1n) is 7.58. The largest absolute Gasteiger partial charge is 0.0617 e. The monoisotopic (exact) mass is 258 g/mol. The molecule has 0 aliphatic heterocycles. The number of fused-ring (bicyclic) bond motifs is 1. The van der Waals surface area contributed by atoms with E-state index in [1.54, 1.807) is 16.7 Å². The maximum absolute atomic E-state index is 2.41. The standard InChI is InChI=1S/C19H30/c1-17(2,3)13-10-9-11-14-16(13)15(18(4,5)6)12-19(14,7)8/h9-11,15H,12H2,1-8H3. The van der Waals surface area contributed by atoms with Crippen molar-refractivity contribution in [2.75, 3.05) is 0 Å². The molecule has 0 radical (unpaired) electrons. The number of hydrogen-bond donors (Lipinski definition) is 0. The molecule has 0 N–H and O–H groups in total. The summed E-state index contributed by atoms with van der Waals surface area (Å²) in [5, 5.41) is 0. The van der Waals surface area contributed by atoms with Crippen LogP contribution in [0.3, 0.4) is 0 Å². The molecular weight excluding hydrogens is 228 g/mol. The highest BCUT2D eigenvalue weighted by molar-refractivity contribution is 5.49. The van der Waals surface area contributed by atoms with Gasteiger partial charge in [0, 0.05) is 0 Å². The molecule has 0 saturated heterocycles. The molecule has 1 unspecified atom stereocenters. The van der Waals surface area contributed by atoms with Crippen molar-refractivity contribution >= 4 is 0 Å². The van der Waals surface area contributed by atoms with Crippen molar-refractivity contribution < 1.29 is 0 Å². The highest BCUT2D eigenvalue weighted by Gasteiger charge is 2.44. The molecule has 0 bridgehead atoms. The Kier molecular flexibility index (Phi) is 3.16. The van der Waals surface area contributed by atoms with E-state index in [1.807, 2.05) is 0 Å². The zero-order valence-electron chi connectivity index (χ0n) is 14.0. The van der Waals surface area contributed by atoms with Crippen molar-refractivity contribution in [2.24, 2.45) is 5.41 Å². The molecule has 2 rings (SSSR count). The lowest BCUT2D eigenvalue weighted by Crippen LogP contribution is -2.22. The molecule has 0 aromatic heterocycles. The highest BCUT2D eigenvalue weighted by Crippen LogP contribution is 2.55. The van der Waals surface area contributed by atoms with Gasteiger partial charge >= 0.3 is 0 Å². The Morgan fingerprint density at radius 1 is 1.00 bits per heavy atom. The first-order chi connectivity index (χ1) is 8.44. The molecule has 0 fully saturated rings. The van der Waals surface area contributed by atoms with Crippen LogP contribution in [0.5, 0.6) is 0 Å². The quantitative estimate of drug-likeness (QED) is 0.552. The van der Waals surface area contributed by atoms with Crippen LogP contribution in [0.2, 0.25) is 0 Å². The Bertz CT molecular complexity index is 478. The van der Waals surface area contributed by atoms with Crippen LogP contribution in [-0.2, 0) is 10.8 Å². The van der Waals surface area contributed by atoms with Gasteiger partial charge in [0.25, 0.3) is 0 Å². The van der Waals surface area contributed by atoms with Crippen LogP contribution < -0.4 is 0 Å². The van der Waals surface area contributed by atoms with Gasteiger partial charge in [-0.05, 0) is 45.3 Å². The van der Waals surface area contributed by atoms with Gasteiger partial charge in [0.1, 0.15) is 0 Å². The van der Waals surface area contributed by atoms with Crippen molar-refractivity contribution in [1.29, 1.82) is 0 Å². The first kappa shape index (κ1) is 14.6. The average molecular weight is 258 g/mol. The maximum Gasteiger partial charge on any atom is -0.00946 e. The average Bonchev–Trinajstić information content (AvgIpc) is 2.49. The zero-order valence-corrected chi connectivity index (χ0v) is 14.0. The molecule has 1 aromatic rings. The summed E-state index contributed by atoms with van der Waals surface area (Å²) < 4.78 is 0. The number of benzene rings is 1. The summed E-state index contributed by atoms with van der Waals surface area (Å²) in [4.78, 5) is 0. The fourth-order valence-corrected chi connectivity index (χ4v) is 3.65. The lowest BCUT2D eigenvalue weighted by atomic mass is 9.72. The Morgan fingerprint density at radius 2 is 1.58 bits per heavy atom. The van der Waals surface area contributed by atoms with Gasteiger partial charge in [-0.3, -0.25) is 0 Å². The second kappa shape index (κ2) is 4.11. The molecule has 1 atom stereocenters. The van der Waals surface area contributed by atoms with Gasteiger partial charge in [0.2, 0.25) is 0 Å². The number of hydrogen-bond acceptors (Lipinski definition) is 0. The third-order valence-electron chi connectivity index (χ3n) is 4.75. The Hall–Kier alpha value is -0.780. The number of rotatable bonds is 0. The van der Waals surface area contributed by atoms with Crippen LogP contribution in [0.4, 0.5) is 0 Å². The minimum absolute atomic E-state index is 0.231. The van der Waals surface area contributed by atoms with E-state index < -0.39 is 0 Å². The molecule has 1 aliphatic rings. The van der Waals surface area contributed by atoms with Crippen LogP contribution in [0.15, 0.2) is 18.2 Å². The van der Waals surface area contributed by atoms with Gasteiger partial charge < -0.3 is 0 Å². The van der Waals surface area contributed by atoms with Gasteiger partial charge in [-0.15, -0.1) is 0 Å². The molecule has 106 valence electrons. The predicted molar refractivity (Wildman–Crippen MR) is 85.0 cm³/mol. The van der Waals surface area contributed by atoms with Gasteiger partial charge in [-0.25, -0.2) is 0 Å². The predicted octanol–water partition coefficient (Wildman–Crippen LogP) is 5.80. The third-order valence-corrected chi connectivity index (χ3v) is 4.75. The summed E-state index contributed by atoms with van der Waals surface area (Å²) in [5.41, 5.74) is 5.66. The maximum atomic E-state index is 2.41. The van der Waals surface area contributed by atoms with E-state index >= 15 is 0 Å². The van der Waals surface area contributed by atoms with Crippen molar-refractivity contribution in [3.05, 3.63) is 34.9 Å². The van der Waals surface area contributed by atoms with Crippen molar-refractivity contribution in [3.63, 3.8) is 0 Å². The van der Waals surface area contributed by atoms with Crippen molar-refractivity contribution in [2.45, 2.75) is 78.6 Å². The van der Waals surface area contributed by atoms with Crippen molar-refractivity contribution in [1.82, 2.24) is 0 Å². The Balaban J connectivity index is 2.71. The van der Waals surface area contributed by atoms with Crippen LogP contribution in [-0.4, -0.2) is 0 Å². The molecule has 1 aromatic carbocycles. The SMILES string of the molecule is CC(C)(C)c1cccc2c1C(C(C)(C)C)CC2(C)C. The molecule has 19 heavy (non-hydrogen) atoms. The lowest BCUT2D eigenvalue weighted by molar-refractivity contribution is 0.287. The topological polar surface area (TPSA) is 0 Å². The summed E-state index contributed by atoms with van der Waals surface area (Å²) in [6.07, 6.45) is 1.28. The van der Waals surface area contributed by atoms with Gasteiger partial charge in [0.15, 0.2) is 0 Å².